The second-order valence-corrected chi connectivity index (χ2v) is 4.34. The van der Waals surface area contributed by atoms with E-state index < -0.39 is 0 Å². The number of hydrogen-bond acceptors (Lipinski definition) is 2. The molecule has 1 amide bonds. The van der Waals surface area contributed by atoms with Gasteiger partial charge in [0.15, 0.2) is 0 Å². The predicted octanol–water partition coefficient (Wildman–Crippen LogP) is 1.35. The van der Waals surface area contributed by atoms with Crippen LogP contribution in [0.1, 0.15) is 33.1 Å². The smallest absolute Gasteiger partial charge is 0.217 e. The van der Waals surface area contributed by atoms with E-state index in [4.69, 9.17) is 5.73 Å². The zero-order valence-electron chi connectivity index (χ0n) is 6.55. The Morgan fingerprint density at radius 2 is 2.10 bits per heavy atom. The van der Waals surface area contributed by atoms with E-state index in [9.17, 15) is 4.79 Å². The Morgan fingerprint density at radius 3 is 2.40 bits per heavy atom. The first-order chi connectivity index (χ1) is 4.42. The number of nitrogens with two attached hydrogens (primary N) is 1. The number of rotatable bonds is 4. The Hall–Kier alpha value is -0.180. The fourth-order valence-electron chi connectivity index (χ4n) is 0.695. The molecule has 0 unspecified atom stereocenters. The zero-order valence-corrected chi connectivity index (χ0v) is 7.45. The van der Waals surface area contributed by atoms with Gasteiger partial charge in [0.2, 0.25) is 5.91 Å². The van der Waals surface area contributed by atoms with Crippen molar-refractivity contribution in [3.8, 4) is 0 Å². The summed E-state index contributed by atoms with van der Waals surface area (Å²) in [4.78, 5) is 10.3. The molecule has 0 aliphatic heterocycles. The number of amides is 1. The van der Waals surface area contributed by atoms with Gasteiger partial charge >= 0.3 is 0 Å². The summed E-state index contributed by atoms with van der Waals surface area (Å²) in [5.41, 5.74) is 4.96. The second kappa shape index (κ2) is 3.86. The number of thiol groups is 1. The molecule has 2 nitrogen and oxygen atoms in total. The van der Waals surface area contributed by atoms with Crippen molar-refractivity contribution in [2.75, 3.05) is 0 Å². The maximum atomic E-state index is 10.3. The Kier molecular flexibility index (Phi) is 3.79. The quantitative estimate of drug-likeness (QED) is 0.600. The molecule has 0 fully saturated rings. The van der Waals surface area contributed by atoms with Crippen molar-refractivity contribution in [1.82, 2.24) is 0 Å². The van der Waals surface area contributed by atoms with Gasteiger partial charge in [-0.05, 0) is 12.8 Å². The van der Waals surface area contributed by atoms with Crippen LogP contribution in [0.4, 0.5) is 0 Å². The van der Waals surface area contributed by atoms with Crippen molar-refractivity contribution < 1.29 is 4.79 Å². The Morgan fingerprint density at radius 1 is 1.60 bits per heavy atom. The molecule has 10 heavy (non-hydrogen) atoms. The van der Waals surface area contributed by atoms with Gasteiger partial charge in [-0.15, -0.1) is 0 Å². The molecule has 0 heterocycles. The Labute approximate surface area is 67.6 Å². The van der Waals surface area contributed by atoms with Crippen LogP contribution in [0.25, 0.3) is 0 Å². The molecule has 0 atom stereocenters. The number of carbonyl (C=O) groups excluding carboxylic acids is 1. The van der Waals surface area contributed by atoms with Gasteiger partial charge in [-0.3, -0.25) is 4.79 Å². The van der Waals surface area contributed by atoms with Gasteiger partial charge in [0, 0.05) is 11.2 Å². The van der Waals surface area contributed by atoms with Crippen LogP contribution in [0.2, 0.25) is 0 Å². The fraction of sp³-hybridized carbons (Fsp3) is 0.857. The highest BCUT2D eigenvalue weighted by Crippen LogP contribution is 2.19. The monoisotopic (exact) mass is 161 g/mol. The first kappa shape index (κ1) is 9.82. The van der Waals surface area contributed by atoms with Crippen LogP contribution < -0.4 is 5.73 Å². The molecule has 0 aromatic carbocycles. The average molecular weight is 161 g/mol. The first-order valence-corrected chi connectivity index (χ1v) is 3.87. The van der Waals surface area contributed by atoms with Gasteiger partial charge in [0.1, 0.15) is 0 Å². The lowest BCUT2D eigenvalue weighted by Gasteiger charge is -2.15. The molecule has 0 rings (SSSR count). The zero-order chi connectivity index (χ0) is 8.20. The van der Waals surface area contributed by atoms with Crippen molar-refractivity contribution in [3.05, 3.63) is 0 Å². The lowest BCUT2D eigenvalue weighted by Crippen LogP contribution is -2.14. The third-order valence-corrected chi connectivity index (χ3v) is 1.44. The SMILES string of the molecule is CC(C)(S)CCCC(N)=O. The maximum absolute atomic E-state index is 10.3. The van der Waals surface area contributed by atoms with Gasteiger partial charge in [-0.1, -0.05) is 13.8 Å². The van der Waals surface area contributed by atoms with Crippen LogP contribution in [0.5, 0.6) is 0 Å². The fourth-order valence-corrected chi connectivity index (χ4v) is 0.853. The lowest BCUT2D eigenvalue weighted by molar-refractivity contribution is -0.118. The summed E-state index contributed by atoms with van der Waals surface area (Å²) in [6.45, 7) is 4.05. The van der Waals surface area contributed by atoms with Crippen molar-refractivity contribution in [2.45, 2.75) is 37.9 Å². The minimum absolute atomic E-state index is 0.0233. The molecule has 0 bridgehead atoms. The molecule has 0 aliphatic rings. The van der Waals surface area contributed by atoms with E-state index in [0.29, 0.717) is 6.42 Å². The maximum Gasteiger partial charge on any atom is 0.217 e. The number of primary amides is 1. The van der Waals surface area contributed by atoms with Crippen LogP contribution in [0.15, 0.2) is 0 Å². The van der Waals surface area contributed by atoms with Crippen LogP contribution in [-0.4, -0.2) is 10.7 Å². The standard InChI is InChI=1S/C7H15NOS/c1-7(2,10)5-3-4-6(8)9/h10H,3-5H2,1-2H3,(H2,8,9). The summed E-state index contributed by atoms with van der Waals surface area (Å²) < 4.78 is 0.0233. The molecular weight excluding hydrogens is 146 g/mol. The third-order valence-electron chi connectivity index (χ3n) is 1.21. The molecular formula is C7H15NOS. The van der Waals surface area contributed by atoms with E-state index in [0.717, 1.165) is 12.8 Å². The predicted molar refractivity (Wildman–Crippen MR) is 46.1 cm³/mol. The van der Waals surface area contributed by atoms with E-state index >= 15 is 0 Å². The highest BCUT2D eigenvalue weighted by Gasteiger charge is 2.10. The molecule has 3 heteroatoms. The molecule has 0 radical (unpaired) electrons. The minimum Gasteiger partial charge on any atom is -0.370 e. The van der Waals surface area contributed by atoms with Crippen LogP contribution in [0.3, 0.4) is 0 Å². The van der Waals surface area contributed by atoms with E-state index in [-0.39, 0.29) is 10.7 Å². The number of hydrogen-bond donors (Lipinski definition) is 2. The molecule has 0 aromatic rings. The van der Waals surface area contributed by atoms with Gasteiger partial charge in [-0.2, -0.15) is 12.6 Å². The summed E-state index contributed by atoms with van der Waals surface area (Å²) >= 11 is 4.31. The summed E-state index contributed by atoms with van der Waals surface area (Å²) in [5, 5.41) is 0. The second-order valence-electron chi connectivity index (χ2n) is 3.13. The highest BCUT2D eigenvalue weighted by molar-refractivity contribution is 7.81. The van der Waals surface area contributed by atoms with E-state index in [1.807, 2.05) is 13.8 Å². The summed E-state index contributed by atoms with van der Waals surface area (Å²) in [6, 6.07) is 0. The molecule has 0 saturated heterocycles. The number of carbonyl (C=O) groups is 1. The van der Waals surface area contributed by atoms with Crippen molar-refractivity contribution >= 4 is 18.5 Å². The molecule has 0 saturated carbocycles. The molecule has 2 N–H and O–H groups in total. The van der Waals surface area contributed by atoms with E-state index in [1.54, 1.807) is 0 Å². The summed E-state index contributed by atoms with van der Waals surface area (Å²) in [6.07, 6.45) is 2.24. The average Bonchev–Trinajstić information content (AvgIpc) is 1.59. The minimum atomic E-state index is -0.224. The van der Waals surface area contributed by atoms with Crippen molar-refractivity contribution in [3.63, 3.8) is 0 Å². The summed E-state index contributed by atoms with van der Waals surface area (Å²) in [7, 11) is 0. The molecule has 60 valence electrons. The van der Waals surface area contributed by atoms with Crippen molar-refractivity contribution in [1.29, 1.82) is 0 Å². The van der Waals surface area contributed by atoms with Gasteiger partial charge in [-0.25, -0.2) is 0 Å². The van der Waals surface area contributed by atoms with E-state index in [2.05, 4.69) is 12.6 Å². The lowest BCUT2D eigenvalue weighted by atomic mass is 10.1. The normalized spacial score (nSPS) is 11.5. The Bertz CT molecular complexity index is 117. The Balaban J connectivity index is 3.29. The van der Waals surface area contributed by atoms with Gasteiger partial charge in [0.05, 0.1) is 0 Å². The molecule has 0 spiro atoms. The van der Waals surface area contributed by atoms with Gasteiger partial charge in [0.25, 0.3) is 0 Å². The van der Waals surface area contributed by atoms with Crippen LogP contribution in [-0.2, 0) is 4.79 Å². The first-order valence-electron chi connectivity index (χ1n) is 3.42. The molecule has 0 aliphatic carbocycles. The van der Waals surface area contributed by atoms with Crippen molar-refractivity contribution in [2.24, 2.45) is 5.73 Å². The molecule has 0 aromatic heterocycles. The van der Waals surface area contributed by atoms with Crippen LogP contribution >= 0.6 is 12.6 Å². The summed E-state index contributed by atoms with van der Waals surface area (Å²) in [5.74, 6) is -0.224. The highest BCUT2D eigenvalue weighted by atomic mass is 32.1. The van der Waals surface area contributed by atoms with Gasteiger partial charge < -0.3 is 5.73 Å². The largest absolute Gasteiger partial charge is 0.370 e. The topological polar surface area (TPSA) is 43.1 Å². The van der Waals surface area contributed by atoms with Crippen LogP contribution in [0, 0.1) is 0 Å². The third kappa shape index (κ3) is 7.82. The van der Waals surface area contributed by atoms with E-state index in [1.165, 1.54) is 0 Å².